The van der Waals surface area contributed by atoms with Crippen molar-refractivity contribution in [2.24, 2.45) is 5.41 Å². The Balaban J connectivity index is 3.03. The van der Waals surface area contributed by atoms with Crippen molar-refractivity contribution in [2.75, 3.05) is 7.11 Å². The maximum Gasteiger partial charge on any atom is 0.329 e. The summed E-state index contributed by atoms with van der Waals surface area (Å²) in [6.45, 7) is 5.49. The van der Waals surface area contributed by atoms with E-state index in [9.17, 15) is 9.59 Å². The van der Waals surface area contributed by atoms with E-state index in [1.165, 1.54) is 13.2 Å². The van der Waals surface area contributed by atoms with Gasteiger partial charge in [0.2, 0.25) is 0 Å². The molecule has 4 heteroatoms. The molecule has 0 N–H and O–H groups in total. The van der Waals surface area contributed by atoms with Gasteiger partial charge in [-0.25, -0.2) is 0 Å². The lowest BCUT2D eigenvalue weighted by Crippen LogP contribution is -2.36. The molecule has 1 heterocycles. The average molecular weight is 224 g/mol. The minimum Gasteiger partial charge on any atom is -0.468 e. The molecule has 1 atom stereocenters. The summed E-state index contributed by atoms with van der Waals surface area (Å²) in [5.74, 6) is -0.560. The lowest BCUT2D eigenvalue weighted by Gasteiger charge is -2.18. The van der Waals surface area contributed by atoms with Crippen LogP contribution < -0.4 is 0 Å². The highest BCUT2D eigenvalue weighted by Crippen LogP contribution is 2.40. The molecule has 0 aliphatic carbocycles. The van der Waals surface area contributed by atoms with Gasteiger partial charge in [0, 0.05) is 6.42 Å². The van der Waals surface area contributed by atoms with Crippen LogP contribution in [0.1, 0.15) is 26.2 Å². The molecule has 0 spiro atoms. The van der Waals surface area contributed by atoms with E-state index in [-0.39, 0.29) is 12.8 Å². The topological polar surface area (TPSA) is 52.6 Å². The van der Waals surface area contributed by atoms with E-state index in [0.717, 1.165) is 6.42 Å². The Morgan fingerprint density at radius 1 is 1.69 bits per heavy atom. The van der Waals surface area contributed by atoms with Crippen molar-refractivity contribution in [3.8, 4) is 0 Å². The van der Waals surface area contributed by atoms with Gasteiger partial charge >= 0.3 is 11.9 Å². The van der Waals surface area contributed by atoms with Crippen LogP contribution >= 0.6 is 0 Å². The van der Waals surface area contributed by atoms with Crippen molar-refractivity contribution >= 4 is 11.9 Å². The molecule has 0 saturated carbocycles. The molecule has 1 aliphatic heterocycles. The van der Waals surface area contributed by atoms with Gasteiger partial charge in [-0.05, 0) is 18.9 Å². The number of allylic oxidation sites excluding steroid dienone is 3. The Morgan fingerprint density at radius 2 is 2.38 bits per heavy atom. The summed E-state index contributed by atoms with van der Waals surface area (Å²) < 4.78 is 9.74. The normalized spacial score (nSPS) is 26.6. The monoisotopic (exact) mass is 224 g/mol. The van der Waals surface area contributed by atoms with Gasteiger partial charge in [0.1, 0.15) is 5.76 Å². The number of hydrogen-bond donors (Lipinski definition) is 0. The Labute approximate surface area is 94.9 Å². The SMILES string of the molecule is C=CCC1(C(=O)OC)C/C(=C/CC)OC1=O. The van der Waals surface area contributed by atoms with Crippen LogP contribution in [0.4, 0.5) is 0 Å². The first kappa shape index (κ1) is 12.5. The van der Waals surface area contributed by atoms with Crippen LogP contribution in [0.2, 0.25) is 0 Å². The van der Waals surface area contributed by atoms with Gasteiger partial charge in [-0.15, -0.1) is 6.58 Å². The zero-order valence-corrected chi connectivity index (χ0v) is 9.62. The number of ether oxygens (including phenoxy) is 2. The van der Waals surface area contributed by atoms with Crippen LogP contribution in [0.3, 0.4) is 0 Å². The molecule has 1 saturated heterocycles. The van der Waals surface area contributed by atoms with Crippen LogP contribution in [0.25, 0.3) is 0 Å². The van der Waals surface area contributed by atoms with Gasteiger partial charge in [0.15, 0.2) is 5.41 Å². The molecular formula is C12H16O4. The third-order valence-electron chi connectivity index (χ3n) is 2.59. The van der Waals surface area contributed by atoms with Gasteiger partial charge in [-0.3, -0.25) is 9.59 Å². The number of methoxy groups -OCH3 is 1. The molecule has 1 unspecified atom stereocenters. The van der Waals surface area contributed by atoms with Crippen LogP contribution in [0.5, 0.6) is 0 Å². The number of carbonyl (C=O) groups is 2. The molecule has 88 valence electrons. The molecular weight excluding hydrogens is 208 g/mol. The van der Waals surface area contributed by atoms with Crippen molar-refractivity contribution in [2.45, 2.75) is 26.2 Å². The second-order valence-corrected chi connectivity index (χ2v) is 3.71. The van der Waals surface area contributed by atoms with E-state index in [1.807, 2.05) is 6.92 Å². The van der Waals surface area contributed by atoms with Crippen molar-refractivity contribution in [3.63, 3.8) is 0 Å². The Morgan fingerprint density at radius 3 is 2.88 bits per heavy atom. The molecule has 1 fully saturated rings. The number of rotatable bonds is 4. The second kappa shape index (κ2) is 4.96. The molecule has 16 heavy (non-hydrogen) atoms. The third-order valence-corrected chi connectivity index (χ3v) is 2.59. The Kier molecular flexibility index (Phi) is 3.88. The zero-order chi connectivity index (χ0) is 12.2. The number of carbonyl (C=O) groups excluding carboxylic acids is 2. The molecule has 0 aromatic carbocycles. The van der Waals surface area contributed by atoms with Crippen LogP contribution in [-0.4, -0.2) is 19.0 Å². The van der Waals surface area contributed by atoms with E-state index < -0.39 is 17.4 Å². The lowest BCUT2D eigenvalue weighted by molar-refractivity contribution is -0.162. The molecule has 0 bridgehead atoms. The summed E-state index contributed by atoms with van der Waals surface area (Å²) in [6.07, 6.45) is 4.59. The second-order valence-electron chi connectivity index (χ2n) is 3.71. The molecule has 0 aromatic heterocycles. The van der Waals surface area contributed by atoms with Crippen molar-refractivity contribution in [3.05, 3.63) is 24.5 Å². The highest BCUT2D eigenvalue weighted by Gasteiger charge is 2.53. The Bertz CT molecular complexity index is 343. The number of hydrogen-bond acceptors (Lipinski definition) is 4. The predicted molar refractivity (Wildman–Crippen MR) is 58.3 cm³/mol. The highest BCUT2D eigenvalue weighted by molar-refractivity contribution is 6.02. The van der Waals surface area contributed by atoms with E-state index in [0.29, 0.717) is 5.76 Å². The summed E-state index contributed by atoms with van der Waals surface area (Å²) in [5, 5.41) is 0. The molecule has 1 aliphatic rings. The minimum atomic E-state index is -1.22. The first-order valence-electron chi connectivity index (χ1n) is 5.21. The Hall–Kier alpha value is -1.58. The van der Waals surface area contributed by atoms with Gasteiger partial charge in [-0.2, -0.15) is 0 Å². The average Bonchev–Trinajstić information content (AvgIpc) is 2.56. The summed E-state index contributed by atoms with van der Waals surface area (Å²) in [7, 11) is 1.27. The van der Waals surface area contributed by atoms with Crippen LogP contribution in [-0.2, 0) is 19.1 Å². The smallest absolute Gasteiger partial charge is 0.329 e. The maximum atomic E-state index is 11.8. The fourth-order valence-corrected chi connectivity index (χ4v) is 1.80. The summed E-state index contributed by atoms with van der Waals surface area (Å²) >= 11 is 0. The fourth-order valence-electron chi connectivity index (χ4n) is 1.80. The van der Waals surface area contributed by atoms with E-state index in [4.69, 9.17) is 4.74 Å². The highest BCUT2D eigenvalue weighted by atomic mass is 16.6. The van der Waals surface area contributed by atoms with Gasteiger partial charge in [-0.1, -0.05) is 13.0 Å². The molecule has 0 radical (unpaired) electrons. The van der Waals surface area contributed by atoms with Crippen molar-refractivity contribution in [1.29, 1.82) is 0 Å². The number of esters is 2. The maximum absolute atomic E-state index is 11.8. The minimum absolute atomic E-state index is 0.236. The number of cyclic esters (lactones) is 1. The van der Waals surface area contributed by atoms with Gasteiger partial charge in [0.05, 0.1) is 7.11 Å². The van der Waals surface area contributed by atoms with E-state index >= 15 is 0 Å². The molecule has 4 nitrogen and oxygen atoms in total. The standard InChI is InChI=1S/C12H16O4/c1-4-6-9-8-12(7-5-2,10(13)15-3)11(14)16-9/h5-6H,2,4,7-8H2,1,3H3/b9-6-. The lowest BCUT2D eigenvalue weighted by atomic mass is 9.82. The molecule has 0 amide bonds. The van der Waals surface area contributed by atoms with Gasteiger partial charge < -0.3 is 9.47 Å². The molecule has 1 rings (SSSR count). The van der Waals surface area contributed by atoms with Crippen LogP contribution in [0, 0.1) is 5.41 Å². The molecule has 0 aromatic rings. The van der Waals surface area contributed by atoms with E-state index in [1.54, 1.807) is 6.08 Å². The van der Waals surface area contributed by atoms with Crippen molar-refractivity contribution < 1.29 is 19.1 Å². The van der Waals surface area contributed by atoms with Gasteiger partial charge in [0.25, 0.3) is 0 Å². The van der Waals surface area contributed by atoms with Crippen molar-refractivity contribution in [1.82, 2.24) is 0 Å². The first-order chi connectivity index (χ1) is 7.60. The largest absolute Gasteiger partial charge is 0.468 e. The van der Waals surface area contributed by atoms with E-state index in [2.05, 4.69) is 11.3 Å². The quantitative estimate of drug-likeness (QED) is 0.416. The zero-order valence-electron chi connectivity index (χ0n) is 9.62. The summed E-state index contributed by atoms with van der Waals surface area (Å²) in [6, 6.07) is 0. The third kappa shape index (κ3) is 2.01. The predicted octanol–water partition coefficient (Wildman–Crippen LogP) is 1.96. The summed E-state index contributed by atoms with van der Waals surface area (Å²) in [4.78, 5) is 23.4. The van der Waals surface area contributed by atoms with Crippen LogP contribution in [0.15, 0.2) is 24.5 Å². The fraction of sp³-hybridized carbons (Fsp3) is 0.500. The first-order valence-corrected chi connectivity index (χ1v) is 5.21. The summed E-state index contributed by atoms with van der Waals surface area (Å²) in [5.41, 5.74) is -1.22.